The molecule has 1 aromatic heterocycles. The van der Waals surface area contributed by atoms with Gasteiger partial charge in [0.25, 0.3) is 0 Å². The first-order chi connectivity index (χ1) is 19.6. The lowest BCUT2D eigenvalue weighted by Crippen LogP contribution is -2.34. The van der Waals surface area contributed by atoms with Gasteiger partial charge in [-0.25, -0.2) is 22.5 Å². The van der Waals surface area contributed by atoms with Crippen LogP contribution >= 0.6 is 0 Å². The molecule has 0 bridgehead atoms. The Balaban J connectivity index is 1.47. The molecule has 1 heterocycles. The molecule has 7 nitrogen and oxygen atoms in total. The number of hydrogen-bond donors (Lipinski definition) is 1. The van der Waals surface area contributed by atoms with Crippen LogP contribution in [-0.4, -0.2) is 23.9 Å². The molecule has 0 unspecified atom stereocenters. The number of rotatable bonds is 9. The van der Waals surface area contributed by atoms with Crippen LogP contribution in [0.2, 0.25) is 0 Å². The highest BCUT2D eigenvalue weighted by Gasteiger charge is 2.28. The Morgan fingerprint density at radius 2 is 1.95 bits per heavy atom. The number of nitrogens with zero attached hydrogens (tertiary/aromatic N) is 3. The van der Waals surface area contributed by atoms with Crippen LogP contribution in [0, 0.1) is 12.7 Å². The molecule has 3 aromatic carbocycles. The molecule has 41 heavy (non-hydrogen) atoms. The molecule has 0 saturated heterocycles. The van der Waals surface area contributed by atoms with E-state index in [-0.39, 0.29) is 35.5 Å². The number of halogens is 1. The van der Waals surface area contributed by atoms with Crippen LogP contribution in [-0.2, 0) is 34.8 Å². The van der Waals surface area contributed by atoms with Crippen molar-refractivity contribution in [1.82, 2.24) is 14.3 Å². The first-order valence-electron chi connectivity index (χ1n) is 13.8. The molecule has 0 spiro atoms. The molecule has 0 aliphatic heterocycles. The summed E-state index contributed by atoms with van der Waals surface area (Å²) >= 11 is 0. The van der Waals surface area contributed by atoms with E-state index < -0.39 is 16.1 Å². The van der Waals surface area contributed by atoms with Crippen LogP contribution in [0.15, 0.2) is 84.0 Å². The van der Waals surface area contributed by atoms with E-state index in [1.165, 1.54) is 6.07 Å². The van der Waals surface area contributed by atoms with E-state index in [1.54, 1.807) is 47.5 Å². The predicted molar refractivity (Wildman–Crippen MR) is 157 cm³/mol. The van der Waals surface area contributed by atoms with Crippen molar-refractivity contribution in [2.45, 2.75) is 62.9 Å². The number of imidazole rings is 1. The van der Waals surface area contributed by atoms with Crippen LogP contribution in [0.4, 0.5) is 10.1 Å². The number of benzene rings is 3. The highest BCUT2D eigenvalue weighted by molar-refractivity contribution is 7.89. The minimum atomic E-state index is -3.75. The number of aryl methyl sites for hydroxylation is 3. The van der Waals surface area contributed by atoms with Gasteiger partial charge in [-0.2, -0.15) is 0 Å². The first kappa shape index (κ1) is 28.7. The van der Waals surface area contributed by atoms with E-state index >= 15 is 0 Å². The van der Waals surface area contributed by atoms with E-state index in [4.69, 9.17) is 0 Å². The average Bonchev–Trinajstić information content (AvgIpc) is 3.35. The molecule has 1 aliphatic carbocycles. The summed E-state index contributed by atoms with van der Waals surface area (Å²) in [4.78, 5) is 20.1. The summed E-state index contributed by atoms with van der Waals surface area (Å²) in [6.45, 7) is 3.93. The first-order valence-corrected chi connectivity index (χ1v) is 15.3. The van der Waals surface area contributed by atoms with Crippen LogP contribution in [0.25, 0.3) is 0 Å². The molecule has 0 saturated carbocycles. The molecule has 2 atom stereocenters. The molecule has 9 heteroatoms. The second-order valence-electron chi connectivity index (χ2n) is 10.8. The molecule has 5 rings (SSSR count). The maximum atomic E-state index is 14.5. The molecular formula is C32H35FN4O3S. The SMILES string of the molecule is Cc1cccc(S(=O)(=O)N[C@@H]2CCCc3ccc(N(Cc4nccn4C)C(=O)C[C@H](C)c4ccccc4F)cc32)c1. The highest BCUT2D eigenvalue weighted by atomic mass is 32.2. The summed E-state index contributed by atoms with van der Waals surface area (Å²) in [6.07, 6.45) is 5.94. The smallest absolute Gasteiger partial charge is 0.241 e. The quantitative estimate of drug-likeness (QED) is 0.268. The van der Waals surface area contributed by atoms with Crippen molar-refractivity contribution in [2.24, 2.45) is 7.05 Å². The predicted octanol–water partition coefficient (Wildman–Crippen LogP) is 5.95. The van der Waals surface area contributed by atoms with E-state index in [9.17, 15) is 17.6 Å². The number of nitrogens with one attached hydrogen (secondary N) is 1. The van der Waals surface area contributed by atoms with Gasteiger partial charge in [-0.3, -0.25) is 4.79 Å². The fourth-order valence-electron chi connectivity index (χ4n) is 5.49. The van der Waals surface area contributed by atoms with Gasteiger partial charge in [0.1, 0.15) is 11.6 Å². The van der Waals surface area contributed by atoms with Gasteiger partial charge in [0, 0.05) is 37.6 Å². The molecule has 1 amide bonds. The van der Waals surface area contributed by atoms with Gasteiger partial charge in [-0.15, -0.1) is 0 Å². The van der Waals surface area contributed by atoms with Crippen molar-refractivity contribution in [3.05, 3.63) is 113 Å². The zero-order valence-electron chi connectivity index (χ0n) is 23.5. The van der Waals surface area contributed by atoms with E-state index in [2.05, 4.69) is 9.71 Å². The second kappa shape index (κ2) is 12.0. The summed E-state index contributed by atoms with van der Waals surface area (Å²) in [5.41, 5.74) is 3.94. The minimum Gasteiger partial charge on any atom is -0.337 e. The third kappa shape index (κ3) is 6.41. The highest BCUT2D eigenvalue weighted by Crippen LogP contribution is 2.35. The van der Waals surface area contributed by atoms with E-state index in [1.807, 2.05) is 55.9 Å². The van der Waals surface area contributed by atoms with Crippen LogP contribution in [0.1, 0.15) is 66.2 Å². The van der Waals surface area contributed by atoms with Crippen molar-refractivity contribution in [1.29, 1.82) is 0 Å². The Morgan fingerprint density at radius 3 is 2.68 bits per heavy atom. The minimum absolute atomic E-state index is 0.103. The number of anilines is 1. The lowest BCUT2D eigenvalue weighted by Gasteiger charge is -2.30. The topological polar surface area (TPSA) is 84.3 Å². The van der Waals surface area contributed by atoms with Gasteiger partial charge in [-0.1, -0.05) is 43.3 Å². The van der Waals surface area contributed by atoms with Gasteiger partial charge < -0.3 is 9.47 Å². The molecule has 4 aromatic rings. The van der Waals surface area contributed by atoms with E-state index in [0.29, 0.717) is 23.5 Å². The molecule has 214 valence electrons. The Kier molecular flexibility index (Phi) is 8.37. The average molecular weight is 575 g/mol. The number of amides is 1. The summed E-state index contributed by atoms with van der Waals surface area (Å²) in [6, 6.07) is 18.8. The normalized spacial score (nSPS) is 15.8. The molecule has 0 radical (unpaired) electrons. The Labute approximate surface area is 241 Å². The largest absolute Gasteiger partial charge is 0.337 e. The van der Waals surface area contributed by atoms with Gasteiger partial charge in [-0.05, 0) is 84.7 Å². The third-order valence-electron chi connectivity index (χ3n) is 7.79. The molecule has 0 fully saturated rings. The number of aromatic nitrogens is 2. The van der Waals surface area contributed by atoms with Gasteiger partial charge >= 0.3 is 0 Å². The van der Waals surface area contributed by atoms with Crippen LogP contribution < -0.4 is 9.62 Å². The third-order valence-corrected chi connectivity index (χ3v) is 9.26. The summed E-state index contributed by atoms with van der Waals surface area (Å²) < 4.78 is 45.9. The second-order valence-corrected chi connectivity index (χ2v) is 12.5. The van der Waals surface area contributed by atoms with Crippen molar-refractivity contribution in [3.63, 3.8) is 0 Å². The molecule has 1 N–H and O–H groups in total. The lowest BCUT2D eigenvalue weighted by atomic mass is 9.87. The van der Waals surface area contributed by atoms with Gasteiger partial charge in [0.15, 0.2) is 0 Å². The lowest BCUT2D eigenvalue weighted by molar-refractivity contribution is -0.119. The van der Waals surface area contributed by atoms with Crippen molar-refractivity contribution in [3.8, 4) is 0 Å². The maximum Gasteiger partial charge on any atom is 0.241 e. The fraction of sp³-hybridized carbons (Fsp3) is 0.312. The van der Waals surface area contributed by atoms with Crippen LogP contribution in [0.5, 0.6) is 0 Å². The monoisotopic (exact) mass is 574 g/mol. The summed E-state index contributed by atoms with van der Waals surface area (Å²) in [7, 11) is -1.88. The van der Waals surface area contributed by atoms with Gasteiger partial charge in [0.2, 0.25) is 15.9 Å². The molecule has 1 aliphatic rings. The Hall–Kier alpha value is -3.82. The van der Waals surface area contributed by atoms with Gasteiger partial charge in [0.05, 0.1) is 11.4 Å². The number of sulfonamides is 1. The molecular weight excluding hydrogens is 539 g/mol. The number of carbonyl (C=O) groups excluding carboxylic acids is 1. The number of hydrogen-bond acceptors (Lipinski definition) is 4. The zero-order valence-corrected chi connectivity index (χ0v) is 24.4. The summed E-state index contributed by atoms with van der Waals surface area (Å²) in [5.74, 6) is -0.136. The van der Waals surface area contributed by atoms with Crippen molar-refractivity contribution >= 4 is 21.6 Å². The fourth-order valence-corrected chi connectivity index (χ4v) is 6.84. The number of fused-ring (bicyclic) bond motifs is 1. The summed E-state index contributed by atoms with van der Waals surface area (Å²) in [5, 5.41) is 0. The van der Waals surface area contributed by atoms with Crippen LogP contribution in [0.3, 0.4) is 0 Å². The van der Waals surface area contributed by atoms with Crippen molar-refractivity contribution < 1.29 is 17.6 Å². The standard InChI is InChI=1S/C32H35FN4O3S/c1-22-8-6-10-26(18-22)41(39,40)35-30-13-7-9-24-14-15-25(20-28(24)30)37(21-31-34-16-17-36(31)3)32(38)19-23(2)27-11-4-5-12-29(27)33/h4-6,8,10-12,14-18,20,23,30,35H,7,9,13,19,21H2,1-3H3/t23-,30+/m0/s1. The van der Waals surface area contributed by atoms with Crippen molar-refractivity contribution in [2.75, 3.05) is 4.90 Å². The Morgan fingerprint density at radius 1 is 1.15 bits per heavy atom. The zero-order chi connectivity index (χ0) is 29.1. The number of carbonyl (C=O) groups is 1. The maximum absolute atomic E-state index is 14.5. The van der Waals surface area contributed by atoms with E-state index in [0.717, 1.165) is 29.5 Å². The Bertz CT molecular complexity index is 1670.